The summed E-state index contributed by atoms with van der Waals surface area (Å²) in [6, 6.07) is 9.73. The predicted octanol–water partition coefficient (Wildman–Crippen LogP) is 2.95. The zero-order valence-electron chi connectivity index (χ0n) is 11.1. The quantitative estimate of drug-likeness (QED) is 0.785. The number of hydrogen-bond acceptors (Lipinski definition) is 3. The largest absolute Gasteiger partial charge is 0.444 e. The maximum atomic E-state index is 12.0. The maximum Gasteiger partial charge on any atom is 0.412 e. The van der Waals surface area contributed by atoms with E-state index in [4.69, 9.17) is 9.47 Å². The van der Waals surface area contributed by atoms with E-state index in [9.17, 15) is 4.79 Å². The van der Waals surface area contributed by atoms with Crippen molar-refractivity contribution in [1.29, 1.82) is 0 Å². The first-order chi connectivity index (χ1) is 9.20. The molecule has 1 heterocycles. The third-order valence-corrected chi connectivity index (χ3v) is 3.24. The molecule has 102 valence electrons. The highest BCUT2D eigenvalue weighted by Gasteiger charge is 2.28. The molecule has 0 spiro atoms. The first kappa shape index (κ1) is 13.6. The minimum atomic E-state index is -0.334. The van der Waals surface area contributed by atoms with Gasteiger partial charge < -0.3 is 9.47 Å². The van der Waals surface area contributed by atoms with E-state index in [1.54, 1.807) is 11.0 Å². The second-order valence-corrected chi connectivity index (χ2v) is 4.66. The van der Waals surface area contributed by atoms with E-state index in [0.29, 0.717) is 0 Å². The van der Waals surface area contributed by atoms with E-state index < -0.39 is 0 Å². The van der Waals surface area contributed by atoms with E-state index in [1.165, 1.54) is 0 Å². The van der Waals surface area contributed by atoms with Crippen molar-refractivity contribution in [2.45, 2.75) is 32.1 Å². The number of rotatable bonds is 3. The molecule has 1 aliphatic heterocycles. The van der Waals surface area contributed by atoms with Crippen LogP contribution >= 0.6 is 0 Å². The Hall–Kier alpha value is -1.81. The van der Waals surface area contributed by atoms with Crippen molar-refractivity contribution in [3.05, 3.63) is 48.6 Å². The Morgan fingerprint density at radius 3 is 2.89 bits per heavy atom. The molecular weight excluding hydrogens is 242 g/mol. The van der Waals surface area contributed by atoms with E-state index in [1.807, 2.05) is 37.3 Å². The molecule has 2 atom stereocenters. The van der Waals surface area contributed by atoms with Gasteiger partial charge in [0.15, 0.2) is 0 Å². The second-order valence-electron chi connectivity index (χ2n) is 4.66. The molecule has 1 aromatic carbocycles. The second kappa shape index (κ2) is 6.38. The van der Waals surface area contributed by atoms with Crippen LogP contribution in [0.1, 0.15) is 18.9 Å². The number of amides is 1. The lowest BCUT2D eigenvalue weighted by Crippen LogP contribution is -2.47. The molecule has 0 saturated carbocycles. The Morgan fingerprint density at radius 2 is 2.26 bits per heavy atom. The zero-order chi connectivity index (χ0) is 13.7. The summed E-state index contributed by atoms with van der Waals surface area (Å²) in [5, 5.41) is 0. The summed E-state index contributed by atoms with van der Waals surface area (Å²) < 4.78 is 10.8. The highest BCUT2D eigenvalue weighted by molar-refractivity contribution is 5.68. The van der Waals surface area contributed by atoms with Crippen LogP contribution < -0.4 is 0 Å². The third kappa shape index (κ3) is 3.58. The van der Waals surface area contributed by atoms with Crippen LogP contribution in [0, 0.1) is 0 Å². The predicted molar refractivity (Wildman–Crippen MR) is 72.5 cm³/mol. The number of benzene rings is 1. The van der Waals surface area contributed by atoms with Gasteiger partial charge in [0.05, 0.1) is 6.10 Å². The summed E-state index contributed by atoms with van der Waals surface area (Å²) in [6.45, 7) is 6.23. The van der Waals surface area contributed by atoms with Crippen LogP contribution in [-0.2, 0) is 16.1 Å². The molecular formula is C15H19NO3. The van der Waals surface area contributed by atoms with Gasteiger partial charge in [-0.1, -0.05) is 36.4 Å². The van der Waals surface area contributed by atoms with Gasteiger partial charge in [-0.05, 0) is 18.9 Å². The van der Waals surface area contributed by atoms with Gasteiger partial charge in [0.1, 0.15) is 13.3 Å². The number of nitrogens with zero attached hydrogens (tertiary/aromatic N) is 1. The normalized spacial score (nSPS) is 22.9. The molecule has 2 rings (SSSR count). The van der Waals surface area contributed by atoms with Crippen molar-refractivity contribution in [1.82, 2.24) is 4.90 Å². The molecule has 0 unspecified atom stereocenters. The fraction of sp³-hybridized carbons (Fsp3) is 0.400. The van der Waals surface area contributed by atoms with Crippen LogP contribution in [0.5, 0.6) is 0 Å². The maximum absolute atomic E-state index is 12.0. The topological polar surface area (TPSA) is 38.8 Å². The van der Waals surface area contributed by atoms with Crippen LogP contribution in [0.2, 0.25) is 0 Å². The van der Waals surface area contributed by atoms with Crippen molar-refractivity contribution in [3.63, 3.8) is 0 Å². The molecule has 4 nitrogen and oxygen atoms in total. The van der Waals surface area contributed by atoms with Crippen LogP contribution in [-0.4, -0.2) is 29.9 Å². The smallest absolute Gasteiger partial charge is 0.412 e. The summed E-state index contributed by atoms with van der Waals surface area (Å²) in [7, 11) is 0. The highest BCUT2D eigenvalue weighted by atomic mass is 16.6. The molecule has 19 heavy (non-hydrogen) atoms. The zero-order valence-corrected chi connectivity index (χ0v) is 11.1. The minimum Gasteiger partial charge on any atom is -0.444 e. The number of hydrogen-bond donors (Lipinski definition) is 0. The van der Waals surface area contributed by atoms with Crippen LogP contribution in [0.3, 0.4) is 0 Å². The standard InChI is InChI=1S/C15H19NO3/c1-3-14-9-12(2)16(11-19-14)15(17)18-10-13-7-5-4-6-8-13/h3-8,12,14H,1,9-11H2,2H3/t12-,14-/m0/s1. The number of carbonyl (C=O) groups excluding carboxylic acids is 1. The van der Waals surface area contributed by atoms with Gasteiger partial charge in [-0.15, -0.1) is 6.58 Å². The molecule has 0 aliphatic carbocycles. The monoisotopic (exact) mass is 261 g/mol. The van der Waals surface area contributed by atoms with Gasteiger partial charge in [-0.3, -0.25) is 4.90 Å². The highest BCUT2D eigenvalue weighted by Crippen LogP contribution is 2.18. The number of ether oxygens (including phenoxy) is 2. The lowest BCUT2D eigenvalue weighted by atomic mass is 10.1. The first-order valence-electron chi connectivity index (χ1n) is 6.42. The van der Waals surface area contributed by atoms with Crippen molar-refractivity contribution in [3.8, 4) is 0 Å². The molecule has 1 amide bonds. The Balaban J connectivity index is 1.85. The van der Waals surface area contributed by atoms with Crippen LogP contribution in [0.15, 0.2) is 43.0 Å². The molecule has 1 saturated heterocycles. The summed E-state index contributed by atoms with van der Waals surface area (Å²) in [4.78, 5) is 13.6. The van der Waals surface area contributed by atoms with Crippen molar-refractivity contribution in [2.75, 3.05) is 6.73 Å². The van der Waals surface area contributed by atoms with E-state index in [2.05, 4.69) is 6.58 Å². The van der Waals surface area contributed by atoms with E-state index >= 15 is 0 Å². The summed E-state index contributed by atoms with van der Waals surface area (Å²) in [6.07, 6.45) is 2.21. The van der Waals surface area contributed by atoms with Crippen molar-refractivity contribution in [2.24, 2.45) is 0 Å². The Bertz CT molecular complexity index is 432. The molecule has 0 N–H and O–H groups in total. The van der Waals surface area contributed by atoms with E-state index in [0.717, 1.165) is 12.0 Å². The molecule has 1 aromatic rings. The molecule has 0 bridgehead atoms. The van der Waals surface area contributed by atoms with Crippen LogP contribution in [0.4, 0.5) is 4.79 Å². The summed E-state index contributed by atoms with van der Waals surface area (Å²) in [5.74, 6) is 0. The van der Waals surface area contributed by atoms with Gasteiger partial charge in [0.25, 0.3) is 0 Å². The van der Waals surface area contributed by atoms with Crippen LogP contribution in [0.25, 0.3) is 0 Å². The molecule has 4 heteroatoms. The van der Waals surface area contributed by atoms with Gasteiger partial charge >= 0.3 is 6.09 Å². The fourth-order valence-electron chi connectivity index (χ4n) is 2.03. The fourth-order valence-corrected chi connectivity index (χ4v) is 2.03. The molecule has 0 aromatic heterocycles. The first-order valence-corrected chi connectivity index (χ1v) is 6.42. The van der Waals surface area contributed by atoms with Crippen molar-refractivity contribution >= 4 is 6.09 Å². The molecule has 1 fully saturated rings. The average molecular weight is 261 g/mol. The van der Waals surface area contributed by atoms with Crippen molar-refractivity contribution < 1.29 is 14.3 Å². The molecule has 1 aliphatic rings. The lowest BCUT2D eigenvalue weighted by Gasteiger charge is -2.35. The number of carbonyl (C=O) groups is 1. The Labute approximate surface area is 113 Å². The van der Waals surface area contributed by atoms with Gasteiger partial charge in [0.2, 0.25) is 0 Å². The SMILES string of the molecule is C=C[C@H]1C[C@H](C)N(C(=O)OCc2ccccc2)CO1. The van der Waals surface area contributed by atoms with E-state index in [-0.39, 0.29) is 31.6 Å². The third-order valence-electron chi connectivity index (χ3n) is 3.24. The Kier molecular flexibility index (Phi) is 4.58. The lowest BCUT2D eigenvalue weighted by molar-refractivity contribution is -0.0667. The van der Waals surface area contributed by atoms with Gasteiger partial charge in [0, 0.05) is 6.04 Å². The summed E-state index contributed by atoms with van der Waals surface area (Å²) in [5.41, 5.74) is 0.977. The Morgan fingerprint density at radius 1 is 1.53 bits per heavy atom. The van der Waals surface area contributed by atoms with Gasteiger partial charge in [-0.2, -0.15) is 0 Å². The summed E-state index contributed by atoms with van der Waals surface area (Å²) >= 11 is 0. The molecule has 0 radical (unpaired) electrons. The van der Waals surface area contributed by atoms with Gasteiger partial charge in [-0.25, -0.2) is 4.79 Å². The minimum absolute atomic E-state index is 0.0215. The average Bonchev–Trinajstić information content (AvgIpc) is 2.45.